The SMILES string of the molecule is CCCn1c(=NC(=O)c2ccc([N+](=O)[O-])cc2)sc2cc(OC)c(OC)cc21. The predicted molar refractivity (Wildman–Crippen MR) is 106 cm³/mol. The third-order valence-electron chi connectivity index (χ3n) is 4.16. The maximum atomic E-state index is 12.6. The predicted octanol–water partition coefficient (Wildman–Crippen LogP) is 3.78. The number of nitro groups is 1. The Bertz CT molecular complexity index is 1100. The van der Waals surface area contributed by atoms with Crippen molar-refractivity contribution in [3.05, 3.63) is 56.9 Å². The quantitative estimate of drug-likeness (QED) is 0.463. The second-order valence-electron chi connectivity index (χ2n) is 5.93. The van der Waals surface area contributed by atoms with Crippen molar-refractivity contribution in [2.24, 2.45) is 4.99 Å². The number of aromatic nitrogens is 1. The molecule has 1 heterocycles. The van der Waals surface area contributed by atoms with Gasteiger partial charge in [0.25, 0.3) is 11.6 Å². The Morgan fingerprint density at radius 1 is 1.18 bits per heavy atom. The van der Waals surface area contributed by atoms with Gasteiger partial charge in [-0.05, 0) is 18.6 Å². The number of thiazole rings is 1. The highest BCUT2D eigenvalue weighted by molar-refractivity contribution is 7.16. The van der Waals surface area contributed by atoms with E-state index in [1.54, 1.807) is 14.2 Å². The van der Waals surface area contributed by atoms with E-state index < -0.39 is 10.8 Å². The van der Waals surface area contributed by atoms with Crippen LogP contribution in [0.5, 0.6) is 11.5 Å². The first-order valence-corrected chi connectivity index (χ1v) is 9.39. The summed E-state index contributed by atoms with van der Waals surface area (Å²) in [6.45, 7) is 2.72. The van der Waals surface area contributed by atoms with Crippen molar-refractivity contribution in [1.29, 1.82) is 0 Å². The molecule has 0 fully saturated rings. The summed E-state index contributed by atoms with van der Waals surface area (Å²) in [4.78, 5) is 27.7. The normalized spacial score (nSPS) is 11.6. The van der Waals surface area contributed by atoms with Crippen molar-refractivity contribution >= 4 is 33.1 Å². The van der Waals surface area contributed by atoms with Crippen molar-refractivity contribution < 1.29 is 19.2 Å². The molecule has 0 N–H and O–H groups in total. The Morgan fingerprint density at radius 3 is 2.39 bits per heavy atom. The molecule has 0 saturated heterocycles. The molecule has 0 unspecified atom stereocenters. The molecule has 0 saturated carbocycles. The maximum absolute atomic E-state index is 12.6. The number of carbonyl (C=O) groups excluding carboxylic acids is 1. The van der Waals surface area contributed by atoms with Gasteiger partial charge in [0.1, 0.15) is 0 Å². The van der Waals surface area contributed by atoms with Gasteiger partial charge in [-0.1, -0.05) is 18.3 Å². The van der Waals surface area contributed by atoms with Gasteiger partial charge in [-0.25, -0.2) is 0 Å². The van der Waals surface area contributed by atoms with Gasteiger partial charge in [-0.2, -0.15) is 4.99 Å². The molecule has 8 nitrogen and oxygen atoms in total. The Kier molecular flexibility index (Phi) is 5.74. The molecule has 2 aromatic carbocycles. The fourth-order valence-electron chi connectivity index (χ4n) is 2.80. The molecular formula is C19H19N3O5S. The third kappa shape index (κ3) is 3.74. The number of carbonyl (C=O) groups is 1. The zero-order valence-electron chi connectivity index (χ0n) is 15.7. The number of methoxy groups -OCH3 is 2. The van der Waals surface area contributed by atoms with Crippen LogP contribution in [0.2, 0.25) is 0 Å². The molecule has 9 heteroatoms. The zero-order valence-corrected chi connectivity index (χ0v) is 16.5. The summed E-state index contributed by atoms with van der Waals surface area (Å²) in [5, 5.41) is 10.8. The van der Waals surface area contributed by atoms with E-state index in [0.29, 0.717) is 28.4 Å². The lowest BCUT2D eigenvalue weighted by Crippen LogP contribution is -2.16. The van der Waals surface area contributed by atoms with Crippen LogP contribution in [0.4, 0.5) is 5.69 Å². The number of aryl methyl sites for hydroxylation is 1. The highest BCUT2D eigenvalue weighted by atomic mass is 32.1. The smallest absolute Gasteiger partial charge is 0.279 e. The van der Waals surface area contributed by atoms with Crippen LogP contribution in [0.15, 0.2) is 41.4 Å². The zero-order chi connectivity index (χ0) is 20.3. The molecule has 0 aliphatic rings. The summed E-state index contributed by atoms with van der Waals surface area (Å²) >= 11 is 1.38. The molecule has 3 aromatic rings. The molecule has 1 aromatic heterocycles. The number of nitrogens with zero attached hydrogens (tertiary/aromatic N) is 3. The molecule has 0 aliphatic carbocycles. The summed E-state index contributed by atoms with van der Waals surface area (Å²) in [5.41, 5.74) is 1.12. The van der Waals surface area contributed by atoms with E-state index in [9.17, 15) is 14.9 Å². The van der Waals surface area contributed by atoms with Crippen molar-refractivity contribution in [3.63, 3.8) is 0 Å². The van der Waals surface area contributed by atoms with Crippen molar-refractivity contribution in [1.82, 2.24) is 4.57 Å². The van der Waals surface area contributed by atoms with Crippen LogP contribution in [0.25, 0.3) is 10.2 Å². The van der Waals surface area contributed by atoms with Crippen LogP contribution < -0.4 is 14.3 Å². The molecule has 0 radical (unpaired) electrons. The van der Waals surface area contributed by atoms with Crippen LogP contribution in [0.1, 0.15) is 23.7 Å². The lowest BCUT2D eigenvalue weighted by Gasteiger charge is -2.08. The van der Waals surface area contributed by atoms with Gasteiger partial charge in [0, 0.05) is 36.4 Å². The Labute approximate surface area is 164 Å². The molecule has 3 rings (SSSR count). The van der Waals surface area contributed by atoms with E-state index in [0.717, 1.165) is 16.6 Å². The lowest BCUT2D eigenvalue weighted by atomic mass is 10.2. The van der Waals surface area contributed by atoms with E-state index >= 15 is 0 Å². The number of fused-ring (bicyclic) bond motifs is 1. The first-order chi connectivity index (χ1) is 13.5. The van der Waals surface area contributed by atoms with Crippen molar-refractivity contribution in [2.75, 3.05) is 14.2 Å². The Balaban J connectivity index is 2.11. The highest BCUT2D eigenvalue weighted by Crippen LogP contribution is 2.33. The molecule has 0 aliphatic heterocycles. The number of non-ortho nitro benzene ring substituents is 1. The van der Waals surface area contributed by atoms with Gasteiger partial charge in [0.2, 0.25) is 0 Å². The summed E-state index contributed by atoms with van der Waals surface area (Å²) < 4.78 is 13.6. The monoisotopic (exact) mass is 401 g/mol. The molecule has 0 atom stereocenters. The number of nitro benzene ring substituents is 1. The number of hydrogen-bond donors (Lipinski definition) is 0. The fraction of sp³-hybridized carbons (Fsp3) is 0.263. The lowest BCUT2D eigenvalue weighted by molar-refractivity contribution is -0.384. The number of ether oxygens (including phenoxy) is 2. The van der Waals surface area contributed by atoms with E-state index in [1.165, 1.54) is 35.6 Å². The van der Waals surface area contributed by atoms with Crippen LogP contribution in [-0.2, 0) is 6.54 Å². The molecular weight excluding hydrogens is 382 g/mol. The van der Waals surface area contributed by atoms with Crippen molar-refractivity contribution in [3.8, 4) is 11.5 Å². The molecule has 146 valence electrons. The molecule has 0 bridgehead atoms. The van der Waals surface area contributed by atoms with E-state index in [1.807, 2.05) is 23.6 Å². The average molecular weight is 401 g/mol. The minimum atomic E-state index is -0.507. The Morgan fingerprint density at radius 2 is 1.82 bits per heavy atom. The molecule has 1 amide bonds. The van der Waals surface area contributed by atoms with Crippen LogP contribution >= 0.6 is 11.3 Å². The van der Waals surface area contributed by atoms with E-state index in [2.05, 4.69) is 4.99 Å². The summed E-state index contributed by atoms with van der Waals surface area (Å²) in [6.07, 6.45) is 0.860. The van der Waals surface area contributed by atoms with Gasteiger partial charge in [0.05, 0.1) is 29.4 Å². The molecule has 28 heavy (non-hydrogen) atoms. The van der Waals surface area contributed by atoms with Crippen LogP contribution in [0, 0.1) is 10.1 Å². The van der Waals surface area contributed by atoms with Gasteiger partial charge in [0.15, 0.2) is 16.3 Å². The first-order valence-electron chi connectivity index (χ1n) is 8.57. The second-order valence-corrected chi connectivity index (χ2v) is 6.94. The number of benzene rings is 2. The second kappa shape index (κ2) is 8.22. The van der Waals surface area contributed by atoms with E-state index in [-0.39, 0.29) is 5.69 Å². The summed E-state index contributed by atoms with van der Waals surface area (Å²) in [5.74, 6) is 0.754. The van der Waals surface area contributed by atoms with Gasteiger partial charge in [-0.15, -0.1) is 0 Å². The largest absolute Gasteiger partial charge is 0.493 e. The highest BCUT2D eigenvalue weighted by Gasteiger charge is 2.14. The number of amides is 1. The minimum Gasteiger partial charge on any atom is -0.493 e. The number of rotatable bonds is 6. The minimum absolute atomic E-state index is 0.0707. The Hall–Kier alpha value is -3.20. The fourth-order valence-corrected chi connectivity index (χ4v) is 3.86. The van der Waals surface area contributed by atoms with Gasteiger partial charge >= 0.3 is 0 Å². The summed E-state index contributed by atoms with van der Waals surface area (Å²) in [6, 6.07) is 9.14. The van der Waals surface area contributed by atoms with Gasteiger partial charge < -0.3 is 14.0 Å². The number of hydrogen-bond acceptors (Lipinski definition) is 6. The van der Waals surface area contributed by atoms with E-state index in [4.69, 9.17) is 9.47 Å². The third-order valence-corrected chi connectivity index (χ3v) is 5.20. The average Bonchev–Trinajstić information content (AvgIpc) is 3.03. The maximum Gasteiger partial charge on any atom is 0.279 e. The van der Waals surface area contributed by atoms with Gasteiger partial charge in [-0.3, -0.25) is 14.9 Å². The standard InChI is InChI=1S/C19H19N3O5S/c1-4-9-21-14-10-15(26-2)16(27-3)11-17(14)28-19(21)20-18(23)12-5-7-13(8-6-12)22(24)25/h5-8,10-11H,4,9H2,1-3H3. The molecule has 0 spiro atoms. The van der Waals surface area contributed by atoms with Crippen LogP contribution in [-0.4, -0.2) is 29.6 Å². The van der Waals surface area contributed by atoms with Crippen molar-refractivity contribution in [2.45, 2.75) is 19.9 Å². The summed E-state index contributed by atoms with van der Waals surface area (Å²) in [7, 11) is 3.14. The first kappa shape index (κ1) is 19.6. The topological polar surface area (TPSA) is 96.0 Å². The van der Waals surface area contributed by atoms with Crippen LogP contribution in [0.3, 0.4) is 0 Å².